The molecule has 1 aromatic heterocycles. The van der Waals surface area contributed by atoms with E-state index in [-0.39, 0.29) is 5.91 Å². The van der Waals surface area contributed by atoms with Crippen molar-refractivity contribution in [1.29, 1.82) is 0 Å². The van der Waals surface area contributed by atoms with Gasteiger partial charge in [-0.2, -0.15) is 0 Å². The van der Waals surface area contributed by atoms with Crippen molar-refractivity contribution in [1.82, 2.24) is 9.88 Å². The van der Waals surface area contributed by atoms with Gasteiger partial charge in [0.15, 0.2) is 0 Å². The smallest absolute Gasteiger partial charge is 0.255 e. The molecular formula is C20H18N2O2. The van der Waals surface area contributed by atoms with E-state index in [1.54, 1.807) is 7.11 Å². The van der Waals surface area contributed by atoms with E-state index < -0.39 is 5.54 Å². The molecule has 4 heteroatoms. The molecule has 2 aromatic carbocycles. The number of methoxy groups -OCH3 is 1. The summed E-state index contributed by atoms with van der Waals surface area (Å²) in [4.78, 5) is 18.5. The summed E-state index contributed by atoms with van der Waals surface area (Å²) in [6.45, 7) is 2.89. The summed E-state index contributed by atoms with van der Waals surface area (Å²) in [5, 5.41) is 1.20. The Morgan fingerprint density at radius 2 is 2.04 bits per heavy atom. The first-order chi connectivity index (χ1) is 11.6. The van der Waals surface area contributed by atoms with Crippen molar-refractivity contribution in [2.24, 2.45) is 0 Å². The van der Waals surface area contributed by atoms with Gasteiger partial charge < -0.3 is 14.6 Å². The molecule has 0 saturated heterocycles. The highest BCUT2D eigenvalue weighted by Gasteiger charge is 2.51. The Balaban J connectivity index is 1.82. The van der Waals surface area contributed by atoms with Gasteiger partial charge in [0.1, 0.15) is 11.3 Å². The Labute approximate surface area is 140 Å². The second-order valence-corrected chi connectivity index (χ2v) is 6.71. The first-order valence-electron chi connectivity index (χ1n) is 8.25. The number of ether oxygens (including phenoxy) is 1. The number of carbonyl (C=O) groups is 1. The SMILES string of the molecule is COc1ccc2[nH]c3c(c2c1)CCN1C(=O)c2ccccc2C31C. The molecule has 0 aliphatic carbocycles. The lowest BCUT2D eigenvalue weighted by atomic mass is 9.83. The Morgan fingerprint density at radius 1 is 1.21 bits per heavy atom. The minimum Gasteiger partial charge on any atom is -0.497 e. The molecule has 3 aromatic rings. The van der Waals surface area contributed by atoms with Crippen LogP contribution in [0.4, 0.5) is 0 Å². The van der Waals surface area contributed by atoms with Gasteiger partial charge in [-0.3, -0.25) is 4.79 Å². The number of fused-ring (bicyclic) bond motifs is 7. The molecule has 1 unspecified atom stereocenters. The number of carbonyl (C=O) groups excluding carboxylic acids is 1. The minimum atomic E-state index is -0.423. The lowest BCUT2D eigenvalue weighted by Crippen LogP contribution is -2.47. The van der Waals surface area contributed by atoms with Gasteiger partial charge in [-0.1, -0.05) is 18.2 Å². The highest BCUT2D eigenvalue weighted by atomic mass is 16.5. The minimum absolute atomic E-state index is 0.134. The van der Waals surface area contributed by atoms with Crippen LogP contribution in [-0.4, -0.2) is 29.4 Å². The second kappa shape index (κ2) is 4.41. The largest absolute Gasteiger partial charge is 0.497 e. The number of benzene rings is 2. The predicted molar refractivity (Wildman–Crippen MR) is 92.5 cm³/mol. The van der Waals surface area contributed by atoms with Crippen LogP contribution in [0.1, 0.15) is 34.1 Å². The predicted octanol–water partition coefficient (Wildman–Crippen LogP) is 3.45. The van der Waals surface area contributed by atoms with Crippen molar-refractivity contribution in [3.05, 3.63) is 64.8 Å². The number of nitrogens with one attached hydrogen (secondary N) is 1. The zero-order valence-corrected chi connectivity index (χ0v) is 13.7. The molecule has 0 saturated carbocycles. The third-order valence-corrected chi connectivity index (χ3v) is 5.65. The van der Waals surface area contributed by atoms with Gasteiger partial charge in [-0.05, 0) is 48.7 Å². The molecule has 24 heavy (non-hydrogen) atoms. The van der Waals surface area contributed by atoms with Crippen LogP contribution in [0.25, 0.3) is 10.9 Å². The number of nitrogens with zero attached hydrogens (tertiary/aromatic N) is 1. The van der Waals surface area contributed by atoms with Crippen LogP contribution in [0.3, 0.4) is 0 Å². The molecule has 1 atom stereocenters. The van der Waals surface area contributed by atoms with E-state index in [2.05, 4.69) is 30.1 Å². The summed E-state index contributed by atoms with van der Waals surface area (Å²) in [5.74, 6) is 0.995. The van der Waals surface area contributed by atoms with E-state index in [0.717, 1.165) is 41.1 Å². The van der Waals surface area contributed by atoms with Crippen molar-refractivity contribution in [3.8, 4) is 5.75 Å². The van der Waals surface area contributed by atoms with Crippen molar-refractivity contribution in [2.75, 3.05) is 13.7 Å². The van der Waals surface area contributed by atoms with E-state index in [9.17, 15) is 4.79 Å². The van der Waals surface area contributed by atoms with Crippen molar-refractivity contribution in [2.45, 2.75) is 18.9 Å². The zero-order chi connectivity index (χ0) is 16.5. The number of amides is 1. The summed E-state index contributed by atoms with van der Waals surface area (Å²) >= 11 is 0. The standard InChI is InChI=1S/C20H18N2O2/c1-20-16-6-4-3-5-14(16)19(23)22(20)10-9-13-15-11-12(24-2)7-8-17(15)21-18(13)20/h3-8,11,21H,9-10H2,1-2H3. The van der Waals surface area contributed by atoms with E-state index in [0.29, 0.717) is 0 Å². The highest BCUT2D eigenvalue weighted by molar-refractivity contribution is 6.01. The fraction of sp³-hybridized carbons (Fsp3) is 0.250. The summed E-state index contributed by atoms with van der Waals surface area (Å²) < 4.78 is 5.39. The molecule has 1 amide bonds. The van der Waals surface area contributed by atoms with E-state index in [1.165, 1.54) is 10.9 Å². The Hall–Kier alpha value is -2.75. The molecule has 4 nitrogen and oxygen atoms in total. The molecule has 3 heterocycles. The summed E-state index contributed by atoms with van der Waals surface area (Å²) in [7, 11) is 1.69. The van der Waals surface area contributed by atoms with Crippen LogP contribution >= 0.6 is 0 Å². The lowest BCUT2D eigenvalue weighted by Gasteiger charge is -2.40. The molecule has 2 aliphatic heterocycles. The van der Waals surface area contributed by atoms with Crippen LogP contribution < -0.4 is 4.74 Å². The molecule has 1 N–H and O–H groups in total. The van der Waals surface area contributed by atoms with Crippen LogP contribution in [0.2, 0.25) is 0 Å². The Bertz CT molecular complexity index is 1000. The van der Waals surface area contributed by atoms with Crippen LogP contribution in [0.5, 0.6) is 5.75 Å². The van der Waals surface area contributed by atoms with Crippen LogP contribution in [0.15, 0.2) is 42.5 Å². The summed E-state index contributed by atoms with van der Waals surface area (Å²) in [6, 6.07) is 14.1. The van der Waals surface area contributed by atoms with Gasteiger partial charge in [0.05, 0.1) is 7.11 Å². The van der Waals surface area contributed by atoms with E-state index in [1.807, 2.05) is 29.2 Å². The van der Waals surface area contributed by atoms with E-state index >= 15 is 0 Å². The van der Waals surface area contributed by atoms with Crippen molar-refractivity contribution in [3.63, 3.8) is 0 Å². The average Bonchev–Trinajstić information content (AvgIpc) is 3.10. The molecule has 2 aliphatic rings. The first kappa shape index (κ1) is 13.7. The maximum absolute atomic E-state index is 12.9. The maximum Gasteiger partial charge on any atom is 0.255 e. The van der Waals surface area contributed by atoms with Crippen molar-refractivity contribution < 1.29 is 9.53 Å². The lowest BCUT2D eigenvalue weighted by molar-refractivity contribution is 0.0626. The molecule has 0 radical (unpaired) electrons. The Kier molecular flexibility index (Phi) is 2.51. The fourth-order valence-electron chi connectivity index (χ4n) is 4.44. The zero-order valence-electron chi connectivity index (χ0n) is 13.7. The molecule has 0 bridgehead atoms. The van der Waals surface area contributed by atoms with Gasteiger partial charge in [-0.15, -0.1) is 0 Å². The number of aromatic amines is 1. The first-order valence-corrected chi connectivity index (χ1v) is 8.25. The average molecular weight is 318 g/mol. The maximum atomic E-state index is 12.9. The number of hydrogen-bond donors (Lipinski definition) is 1. The third kappa shape index (κ3) is 1.46. The quantitative estimate of drug-likeness (QED) is 0.747. The third-order valence-electron chi connectivity index (χ3n) is 5.65. The van der Waals surface area contributed by atoms with Gasteiger partial charge >= 0.3 is 0 Å². The Morgan fingerprint density at radius 3 is 2.88 bits per heavy atom. The normalized spacial score (nSPS) is 21.6. The van der Waals surface area contributed by atoms with Gasteiger partial charge in [0.25, 0.3) is 5.91 Å². The monoisotopic (exact) mass is 318 g/mol. The summed E-state index contributed by atoms with van der Waals surface area (Å²) in [6.07, 6.45) is 0.859. The van der Waals surface area contributed by atoms with Crippen LogP contribution in [0, 0.1) is 0 Å². The molecule has 120 valence electrons. The van der Waals surface area contributed by atoms with E-state index in [4.69, 9.17) is 4.74 Å². The van der Waals surface area contributed by atoms with Gasteiger partial charge in [0.2, 0.25) is 0 Å². The molecule has 5 rings (SSSR count). The fourth-order valence-corrected chi connectivity index (χ4v) is 4.44. The molecular weight excluding hydrogens is 300 g/mol. The van der Waals surface area contributed by atoms with Crippen molar-refractivity contribution >= 4 is 16.8 Å². The van der Waals surface area contributed by atoms with Crippen LogP contribution in [-0.2, 0) is 12.0 Å². The molecule has 0 fully saturated rings. The number of H-pyrrole nitrogens is 1. The van der Waals surface area contributed by atoms with Gasteiger partial charge in [-0.25, -0.2) is 0 Å². The number of aromatic nitrogens is 1. The molecule has 0 spiro atoms. The topological polar surface area (TPSA) is 45.3 Å². The number of hydrogen-bond acceptors (Lipinski definition) is 2. The summed E-state index contributed by atoms with van der Waals surface area (Å²) in [5.41, 5.74) is 5.02. The second-order valence-electron chi connectivity index (χ2n) is 6.71. The van der Waals surface area contributed by atoms with Gasteiger partial charge in [0, 0.05) is 28.7 Å². The highest BCUT2D eigenvalue weighted by Crippen LogP contribution is 2.48. The number of rotatable bonds is 1.